The molecule has 2 fully saturated rings. The topological polar surface area (TPSA) is 104 Å². The number of rotatable bonds is 6. The Kier molecular flexibility index (Phi) is 5.99. The van der Waals surface area contributed by atoms with E-state index < -0.39 is 15.1 Å². The number of benzene rings is 1. The molecule has 4 atom stereocenters. The van der Waals surface area contributed by atoms with Crippen LogP contribution in [0, 0.1) is 0 Å². The molecule has 1 aromatic rings. The normalized spacial score (nSPS) is 29.5. The maximum atomic E-state index is 12.4. The number of hydrogen-bond acceptors (Lipinski definition) is 5. The molecule has 158 valence electrons. The monoisotopic (exact) mass is 457 g/mol. The van der Waals surface area contributed by atoms with Crippen LogP contribution in [0.2, 0.25) is 5.02 Å². The van der Waals surface area contributed by atoms with Gasteiger partial charge in [0, 0.05) is 22.1 Å². The lowest BCUT2D eigenvalue weighted by Gasteiger charge is -2.26. The third-order valence-corrected chi connectivity index (χ3v) is 9.44. The second-order valence-corrected chi connectivity index (χ2v) is 11.6. The molecule has 0 aliphatic carbocycles. The van der Waals surface area contributed by atoms with Crippen LogP contribution in [0.25, 0.3) is 0 Å². The van der Waals surface area contributed by atoms with Gasteiger partial charge < -0.3 is 16.0 Å². The van der Waals surface area contributed by atoms with E-state index in [0.717, 1.165) is 22.6 Å². The third-order valence-electron chi connectivity index (χ3n) is 5.81. The van der Waals surface area contributed by atoms with Crippen molar-refractivity contribution in [3.05, 3.63) is 28.8 Å². The lowest BCUT2D eigenvalue weighted by molar-refractivity contribution is -0.122. The Morgan fingerprint density at radius 3 is 2.93 bits per heavy atom. The number of sulfone groups is 1. The fourth-order valence-electron chi connectivity index (χ4n) is 4.42. The average Bonchev–Trinajstić information content (AvgIpc) is 3.11. The Bertz CT molecular complexity index is 924. The molecule has 10 heteroatoms. The van der Waals surface area contributed by atoms with Crippen LogP contribution in [0.5, 0.6) is 0 Å². The van der Waals surface area contributed by atoms with Gasteiger partial charge in [0.15, 0.2) is 9.84 Å². The summed E-state index contributed by atoms with van der Waals surface area (Å²) >= 11 is 7.88. The molecule has 0 aromatic heterocycles. The molecule has 1 aromatic carbocycles. The lowest BCUT2D eigenvalue weighted by atomic mass is 10.0. The highest BCUT2D eigenvalue weighted by atomic mass is 35.5. The number of thioether (sulfide) groups is 1. The SMILES string of the molecule is O=C(CCCCC1C2NC(=O)NC2CS1(=O)=O)NC1CCSc2ccc(Cl)cc21. The fourth-order valence-corrected chi connectivity index (χ4v) is 7.97. The van der Waals surface area contributed by atoms with Crippen LogP contribution in [0.4, 0.5) is 4.79 Å². The second-order valence-electron chi connectivity index (χ2n) is 7.80. The zero-order valence-electron chi connectivity index (χ0n) is 15.8. The minimum absolute atomic E-state index is 0.0107. The molecule has 4 unspecified atom stereocenters. The van der Waals surface area contributed by atoms with Crippen LogP contribution in [-0.2, 0) is 14.6 Å². The van der Waals surface area contributed by atoms with Gasteiger partial charge in [0.05, 0.1) is 29.1 Å². The van der Waals surface area contributed by atoms with E-state index in [4.69, 9.17) is 11.6 Å². The van der Waals surface area contributed by atoms with E-state index in [-0.39, 0.29) is 35.8 Å². The summed E-state index contributed by atoms with van der Waals surface area (Å²) in [6.45, 7) is 0. The first-order valence-electron chi connectivity index (χ1n) is 9.84. The number of fused-ring (bicyclic) bond motifs is 2. The highest BCUT2D eigenvalue weighted by Crippen LogP contribution is 2.37. The number of halogens is 1. The molecule has 29 heavy (non-hydrogen) atoms. The molecule has 4 rings (SSSR count). The number of carbonyl (C=O) groups excluding carboxylic acids is 2. The third kappa shape index (κ3) is 4.51. The van der Waals surface area contributed by atoms with Crippen molar-refractivity contribution in [2.24, 2.45) is 0 Å². The highest BCUT2D eigenvalue weighted by molar-refractivity contribution is 7.99. The fraction of sp³-hybridized carbons (Fsp3) is 0.579. The van der Waals surface area contributed by atoms with Crippen molar-refractivity contribution in [1.82, 2.24) is 16.0 Å². The molecular weight excluding hydrogens is 434 g/mol. The summed E-state index contributed by atoms with van der Waals surface area (Å²) in [7, 11) is -3.22. The van der Waals surface area contributed by atoms with Gasteiger partial charge in [-0.15, -0.1) is 11.8 Å². The number of hydrogen-bond donors (Lipinski definition) is 3. The molecule has 0 radical (unpaired) electrons. The molecule has 2 saturated heterocycles. The van der Waals surface area contributed by atoms with Gasteiger partial charge in [-0.05, 0) is 43.0 Å². The first-order valence-corrected chi connectivity index (χ1v) is 12.9. The molecule has 0 bridgehead atoms. The summed E-state index contributed by atoms with van der Waals surface area (Å²) in [5.41, 5.74) is 1.06. The Labute approximate surface area is 179 Å². The molecule has 7 nitrogen and oxygen atoms in total. The van der Waals surface area contributed by atoms with E-state index in [1.807, 2.05) is 18.2 Å². The molecule has 0 saturated carbocycles. The van der Waals surface area contributed by atoms with Gasteiger partial charge in [0.2, 0.25) is 5.91 Å². The summed E-state index contributed by atoms with van der Waals surface area (Å²) < 4.78 is 24.7. The average molecular weight is 458 g/mol. The molecule has 0 spiro atoms. The zero-order chi connectivity index (χ0) is 20.6. The van der Waals surface area contributed by atoms with Crippen LogP contribution < -0.4 is 16.0 Å². The van der Waals surface area contributed by atoms with Crippen LogP contribution in [0.1, 0.15) is 43.7 Å². The van der Waals surface area contributed by atoms with Crippen molar-refractivity contribution in [2.75, 3.05) is 11.5 Å². The van der Waals surface area contributed by atoms with Gasteiger partial charge in [-0.2, -0.15) is 0 Å². The number of amides is 3. The van der Waals surface area contributed by atoms with E-state index in [1.54, 1.807) is 11.8 Å². The van der Waals surface area contributed by atoms with Crippen LogP contribution in [0.15, 0.2) is 23.1 Å². The minimum atomic E-state index is -3.22. The molecule has 3 heterocycles. The maximum absolute atomic E-state index is 12.4. The Morgan fingerprint density at radius 1 is 1.28 bits per heavy atom. The van der Waals surface area contributed by atoms with E-state index in [1.165, 1.54) is 0 Å². The van der Waals surface area contributed by atoms with Gasteiger partial charge in [0.1, 0.15) is 0 Å². The van der Waals surface area contributed by atoms with E-state index in [9.17, 15) is 18.0 Å². The van der Waals surface area contributed by atoms with Crippen molar-refractivity contribution >= 4 is 45.1 Å². The molecule has 3 aliphatic rings. The Hall–Kier alpha value is -1.45. The summed E-state index contributed by atoms with van der Waals surface area (Å²) in [5, 5.41) is 8.57. The zero-order valence-corrected chi connectivity index (χ0v) is 18.2. The van der Waals surface area contributed by atoms with Crippen molar-refractivity contribution in [1.29, 1.82) is 0 Å². The van der Waals surface area contributed by atoms with E-state index in [0.29, 0.717) is 30.7 Å². The predicted molar refractivity (Wildman–Crippen MR) is 113 cm³/mol. The van der Waals surface area contributed by atoms with E-state index >= 15 is 0 Å². The van der Waals surface area contributed by atoms with Crippen molar-refractivity contribution < 1.29 is 18.0 Å². The van der Waals surface area contributed by atoms with Gasteiger partial charge in [-0.3, -0.25) is 4.79 Å². The largest absolute Gasteiger partial charge is 0.349 e. The van der Waals surface area contributed by atoms with Crippen molar-refractivity contribution in [2.45, 2.75) is 60.4 Å². The summed E-state index contributed by atoms with van der Waals surface area (Å²) in [6, 6.07) is 4.74. The molecular formula is C19H24ClN3O4S2. The quantitative estimate of drug-likeness (QED) is 0.449. The first-order chi connectivity index (χ1) is 13.8. The van der Waals surface area contributed by atoms with Crippen molar-refractivity contribution in [3.63, 3.8) is 0 Å². The Balaban J connectivity index is 1.26. The number of carbonyl (C=O) groups is 2. The first kappa shape index (κ1) is 20.8. The predicted octanol–water partition coefficient (Wildman–Crippen LogP) is 2.40. The van der Waals surface area contributed by atoms with Crippen molar-refractivity contribution in [3.8, 4) is 0 Å². The molecule has 3 amide bonds. The van der Waals surface area contributed by atoms with Crippen LogP contribution in [0.3, 0.4) is 0 Å². The number of unbranched alkanes of at least 4 members (excludes halogenated alkanes) is 1. The van der Waals surface area contributed by atoms with Gasteiger partial charge in [-0.25, -0.2) is 13.2 Å². The standard InChI is InChI=1S/C19H24ClN3O4S2/c20-11-5-6-15-12(9-11)13(7-8-28-15)21-17(24)4-2-1-3-16-18-14(10-29(16,26)27)22-19(25)23-18/h5-6,9,13-14,16,18H,1-4,7-8,10H2,(H,21,24)(H2,22,23,25). The Morgan fingerprint density at radius 2 is 2.10 bits per heavy atom. The van der Waals surface area contributed by atoms with E-state index in [2.05, 4.69) is 16.0 Å². The second kappa shape index (κ2) is 8.35. The lowest BCUT2D eigenvalue weighted by Crippen LogP contribution is -2.39. The summed E-state index contributed by atoms with van der Waals surface area (Å²) in [5.74, 6) is 0.904. The van der Waals surface area contributed by atoms with Gasteiger partial charge in [0.25, 0.3) is 0 Å². The van der Waals surface area contributed by atoms with Crippen LogP contribution >= 0.6 is 23.4 Å². The van der Waals surface area contributed by atoms with Gasteiger partial charge in [-0.1, -0.05) is 18.0 Å². The summed E-state index contributed by atoms with van der Waals surface area (Å²) in [4.78, 5) is 25.0. The smallest absolute Gasteiger partial charge is 0.315 e. The molecule has 3 N–H and O–H groups in total. The van der Waals surface area contributed by atoms with Crippen LogP contribution in [-0.4, -0.2) is 49.2 Å². The molecule has 3 aliphatic heterocycles. The number of nitrogens with one attached hydrogen (secondary N) is 3. The van der Waals surface area contributed by atoms with Gasteiger partial charge >= 0.3 is 6.03 Å². The summed E-state index contributed by atoms with van der Waals surface area (Å²) in [6.07, 6.45) is 2.90. The maximum Gasteiger partial charge on any atom is 0.315 e. The highest BCUT2D eigenvalue weighted by Gasteiger charge is 2.51. The number of urea groups is 1. The minimum Gasteiger partial charge on any atom is -0.349 e.